The Balaban J connectivity index is 1.59. The predicted molar refractivity (Wildman–Crippen MR) is 124 cm³/mol. The molecule has 0 spiro atoms. The number of nitrogens with one attached hydrogen (secondary N) is 2. The summed E-state index contributed by atoms with van der Waals surface area (Å²) in [5.74, 6) is -0.795. The smallest absolute Gasteiger partial charge is 0.269 e. The molecule has 1 fully saturated rings. The lowest BCUT2D eigenvalue weighted by Gasteiger charge is -2.25. The Morgan fingerprint density at radius 1 is 1.06 bits per heavy atom. The summed E-state index contributed by atoms with van der Waals surface area (Å²) in [5.41, 5.74) is 8.43. The van der Waals surface area contributed by atoms with Crippen molar-refractivity contribution in [2.45, 2.75) is 18.7 Å². The van der Waals surface area contributed by atoms with Crippen LogP contribution in [0.4, 0.5) is 0 Å². The van der Waals surface area contributed by atoms with Crippen molar-refractivity contribution in [1.29, 1.82) is 0 Å². The molecule has 0 saturated carbocycles. The molecular weight excluding hydrogens is 410 g/mol. The lowest BCUT2D eigenvalue weighted by atomic mass is 10.0. The molecule has 3 rings (SSSR count). The number of carbonyl (C=O) groups is 2. The SMILES string of the molecule is C=C(C)/C(=C\c1ccccc1C)C(=O)NNC(=O)c1ccc(SN2CCOCC2)cc1. The van der Waals surface area contributed by atoms with Gasteiger partial charge in [0, 0.05) is 29.1 Å². The van der Waals surface area contributed by atoms with Gasteiger partial charge in [0.1, 0.15) is 0 Å². The molecule has 31 heavy (non-hydrogen) atoms. The van der Waals surface area contributed by atoms with Gasteiger partial charge in [-0.2, -0.15) is 0 Å². The first-order valence-electron chi connectivity index (χ1n) is 10.1. The van der Waals surface area contributed by atoms with Crippen molar-refractivity contribution in [3.05, 3.63) is 82.9 Å². The second kappa shape index (κ2) is 10.9. The van der Waals surface area contributed by atoms with Gasteiger partial charge in [0.25, 0.3) is 11.8 Å². The van der Waals surface area contributed by atoms with Crippen molar-refractivity contribution < 1.29 is 14.3 Å². The van der Waals surface area contributed by atoms with E-state index >= 15 is 0 Å². The van der Waals surface area contributed by atoms with E-state index in [4.69, 9.17) is 4.74 Å². The fourth-order valence-corrected chi connectivity index (χ4v) is 3.88. The Morgan fingerprint density at radius 2 is 1.74 bits per heavy atom. The van der Waals surface area contributed by atoms with Crippen molar-refractivity contribution in [2.75, 3.05) is 26.3 Å². The molecule has 0 radical (unpaired) electrons. The van der Waals surface area contributed by atoms with Crippen LogP contribution < -0.4 is 10.9 Å². The Morgan fingerprint density at radius 3 is 2.39 bits per heavy atom. The number of amides is 2. The largest absolute Gasteiger partial charge is 0.379 e. The summed E-state index contributed by atoms with van der Waals surface area (Å²) < 4.78 is 7.59. The van der Waals surface area contributed by atoms with Gasteiger partial charge in [-0.25, -0.2) is 4.31 Å². The van der Waals surface area contributed by atoms with E-state index in [9.17, 15) is 9.59 Å². The molecular formula is C24H27N3O3S. The highest BCUT2D eigenvalue weighted by Crippen LogP contribution is 2.23. The fraction of sp³-hybridized carbons (Fsp3) is 0.250. The summed E-state index contributed by atoms with van der Waals surface area (Å²) in [6.07, 6.45) is 1.77. The number of nitrogens with zero attached hydrogens (tertiary/aromatic N) is 1. The van der Waals surface area contributed by atoms with Crippen molar-refractivity contribution in [3.8, 4) is 0 Å². The van der Waals surface area contributed by atoms with Crippen LogP contribution in [0.5, 0.6) is 0 Å². The van der Waals surface area contributed by atoms with Crippen molar-refractivity contribution in [1.82, 2.24) is 15.2 Å². The normalized spacial score (nSPS) is 14.7. The minimum Gasteiger partial charge on any atom is -0.379 e. The topological polar surface area (TPSA) is 70.7 Å². The maximum Gasteiger partial charge on any atom is 0.269 e. The molecule has 0 bridgehead atoms. The van der Waals surface area contributed by atoms with Crippen LogP contribution >= 0.6 is 11.9 Å². The zero-order chi connectivity index (χ0) is 22.2. The van der Waals surface area contributed by atoms with Crippen molar-refractivity contribution >= 4 is 29.8 Å². The first-order chi connectivity index (χ1) is 14.9. The van der Waals surface area contributed by atoms with Crippen LogP contribution in [0.25, 0.3) is 6.08 Å². The fourth-order valence-electron chi connectivity index (χ4n) is 2.99. The number of hydrazine groups is 1. The van der Waals surface area contributed by atoms with Gasteiger partial charge in [0.15, 0.2) is 0 Å². The molecule has 0 aliphatic carbocycles. The van der Waals surface area contributed by atoms with Gasteiger partial charge in [-0.05, 0) is 72.8 Å². The average molecular weight is 438 g/mol. The molecule has 0 atom stereocenters. The number of carbonyl (C=O) groups excluding carboxylic acids is 2. The van der Waals surface area contributed by atoms with Gasteiger partial charge in [0.2, 0.25) is 0 Å². The maximum atomic E-state index is 12.6. The number of aryl methyl sites for hydroxylation is 1. The van der Waals surface area contributed by atoms with Gasteiger partial charge in [-0.15, -0.1) is 0 Å². The second-order valence-electron chi connectivity index (χ2n) is 7.26. The quantitative estimate of drug-likeness (QED) is 0.312. The zero-order valence-electron chi connectivity index (χ0n) is 17.8. The van der Waals surface area contributed by atoms with Crippen LogP contribution in [0.1, 0.15) is 28.4 Å². The minimum absolute atomic E-state index is 0.381. The molecule has 2 aromatic carbocycles. The number of hydrogen-bond donors (Lipinski definition) is 2. The standard InChI is InChI=1S/C24H27N3O3S/c1-17(2)22(16-20-7-5-4-6-18(20)3)24(29)26-25-23(28)19-8-10-21(11-9-19)31-27-12-14-30-15-13-27/h4-11,16H,1,12-15H2,2-3H3,(H,25,28)(H,26,29)/b22-16+. The van der Waals surface area contributed by atoms with E-state index in [2.05, 4.69) is 21.7 Å². The van der Waals surface area contributed by atoms with E-state index in [-0.39, 0.29) is 5.91 Å². The highest BCUT2D eigenvalue weighted by atomic mass is 32.2. The maximum absolute atomic E-state index is 12.6. The molecule has 2 aromatic rings. The van der Waals surface area contributed by atoms with E-state index in [0.717, 1.165) is 42.3 Å². The number of benzene rings is 2. The summed E-state index contributed by atoms with van der Waals surface area (Å²) in [4.78, 5) is 26.1. The van der Waals surface area contributed by atoms with E-state index < -0.39 is 5.91 Å². The van der Waals surface area contributed by atoms with Crippen LogP contribution in [0, 0.1) is 6.92 Å². The molecule has 162 valence electrons. The van der Waals surface area contributed by atoms with Gasteiger partial charge in [-0.3, -0.25) is 20.4 Å². The lowest BCUT2D eigenvalue weighted by Crippen LogP contribution is -2.42. The lowest BCUT2D eigenvalue weighted by molar-refractivity contribution is -0.117. The monoisotopic (exact) mass is 437 g/mol. The zero-order valence-corrected chi connectivity index (χ0v) is 18.6. The summed E-state index contributed by atoms with van der Waals surface area (Å²) in [5, 5.41) is 0. The van der Waals surface area contributed by atoms with Crippen molar-refractivity contribution in [3.63, 3.8) is 0 Å². The highest BCUT2D eigenvalue weighted by molar-refractivity contribution is 7.97. The number of ether oxygens (including phenoxy) is 1. The van der Waals surface area contributed by atoms with Crippen LogP contribution in [-0.2, 0) is 9.53 Å². The third kappa shape index (κ3) is 6.55. The number of hydrogen-bond acceptors (Lipinski definition) is 5. The molecule has 0 unspecified atom stereocenters. The van der Waals surface area contributed by atoms with E-state index in [1.54, 1.807) is 37.1 Å². The van der Waals surface area contributed by atoms with Gasteiger partial charge in [0.05, 0.1) is 13.2 Å². The van der Waals surface area contributed by atoms with Gasteiger partial charge >= 0.3 is 0 Å². The minimum atomic E-state index is -0.413. The van der Waals surface area contributed by atoms with E-state index in [1.807, 2.05) is 43.3 Å². The van der Waals surface area contributed by atoms with E-state index in [0.29, 0.717) is 16.7 Å². The Hall–Kier alpha value is -2.87. The Kier molecular flexibility index (Phi) is 8.06. The molecule has 6 nitrogen and oxygen atoms in total. The molecule has 0 aromatic heterocycles. The van der Waals surface area contributed by atoms with Crippen LogP contribution in [-0.4, -0.2) is 42.4 Å². The Labute approximate surface area is 187 Å². The third-order valence-electron chi connectivity index (χ3n) is 4.80. The van der Waals surface area contributed by atoms with E-state index in [1.165, 1.54) is 0 Å². The Bertz CT molecular complexity index is 980. The molecule has 2 amide bonds. The molecule has 2 N–H and O–H groups in total. The molecule has 1 heterocycles. The summed E-state index contributed by atoms with van der Waals surface area (Å²) >= 11 is 1.65. The van der Waals surface area contributed by atoms with Crippen LogP contribution in [0.2, 0.25) is 0 Å². The van der Waals surface area contributed by atoms with Gasteiger partial charge < -0.3 is 4.74 Å². The molecule has 1 aliphatic rings. The van der Waals surface area contributed by atoms with Crippen LogP contribution in [0.15, 0.2) is 71.2 Å². The third-order valence-corrected chi connectivity index (χ3v) is 5.91. The predicted octanol–water partition coefficient (Wildman–Crippen LogP) is 3.76. The molecule has 1 saturated heterocycles. The second-order valence-corrected chi connectivity index (χ2v) is 8.43. The first-order valence-corrected chi connectivity index (χ1v) is 10.9. The molecule has 7 heteroatoms. The summed E-state index contributed by atoms with van der Waals surface area (Å²) in [7, 11) is 0. The average Bonchev–Trinajstić information content (AvgIpc) is 2.77. The first kappa shape index (κ1) is 22.8. The number of morpholine rings is 1. The summed E-state index contributed by atoms with van der Waals surface area (Å²) in [6, 6.07) is 15.0. The van der Waals surface area contributed by atoms with Crippen molar-refractivity contribution in [2.24, 2.45) is 0 Å². The summed E-state index contributed by atoms with van der Waals surface area (Å²) in [6.45, 7) is 10.8. The highest BCUT2D eigenvalue weighted by Gasteiger charge is 2.14. The van der Waals surface area contributed by atoms with Gasteiger partial charge in [-0.1, -0.05) is 30.8 Å². The number of rotatable bonds is 6. The van der Waals surface area contributed by atoms with Crippen LogP contribution in [0.3, 0.4) is 0 Å². The molecule has 1 aliphatic heterocycles.